The number of carboxylic acids is 1. The number of carbonyl (C=O) groups is 4. The van der Waals surface area contributed by atoms with Gasteiger partial charge in [0.05, 0.1) is 43.2 Å². The molecule has 0 amide bonds. The molecule has 14 nitrogen and oxygen atoms in total. The molecule has 0 bridgehead atoms. The number of benzene rings is 4. The van der Waals surface area contributed by atoms with Crippen LogP contribution in [0.25, 0.3) is 22.3 Å². The van der Waals surface area contributed by atoms with Crippen LogP contribution in [0.3, 0.4) is 0 Å². The summed E-state index contributed by atoms with van der Waals surface area (Å²) in [4.78, 5) is 78.7. The van der Waals surface area contributed by atoms with E-state index < -0.39 is 130 Å². The highest BCUT2D eigenvalue weighted by Crippen LogP contribution is 2.43. The number of halogens is 10. The molecule has 0 fully saturated rings. The van der Waals surface area contributed by atoms with E-state index in [0.29, 0.717) is 59.3 Å². The Labute approximate surface area is 561 Å². The van der Waals surface area contributed by atoms with Gasteiger partial charge in [0.2, 0.25) is 0 Å². The fourth-order valence-corrected chi connectivity index (χ4v) is 11.0. The van der Waals surface area contributed by atoms with Crippen molar-refractivity contribution in [2.75, 3.05) is 54.5 Å². The quantitative estimate of drug-likeness (QED) is 0.0388. The monoisotopic (exact) mass is 1380 g/mol. The number of hydrogen-bond donors (Lipinski definition) is 2. The number of aliphatic carboxylic acids is 1. The fourth-order valence-electron chi connectivity index (χ4n) is 11.0. The number of aromatic nitrogens is 2. The first-order valence-corrected chi connectivity index (χ1v) is 31.1. The SMILES string of the molecule is CC(C)CC(C(=O)O)n1cc(CCN(C)C)cc(F)c1=O.CCOC(=O)C[C@H](CC(=O)C(CC(C)C)n1cc(CCN(C)C)cc(F)c1=O)c1cc(-c2c(C)cccc2C)cc(C(F)(F)F)c1F.CCOC(=O)C[C@H](N)c1cc(-c2c(C)cccc2C)cc(C(F)(F)F)c1F.S. The highest BCUT2D eigenvalue weighted by atomic mass is 32.1. The zero-order valence-corrected chi connectivity index (χ0v) is 57.7. The van der Waals surface area contributed by atoms with Crippen molar-refractivity contribution >= 4 is 37.2 Å². The predicted octanol–water partition coefficient (Wildman–Crippen LogP) is 14.8. The molecule has 2 heterocycles. The average molecular weight is 1380 g/mol. The Morgan fingerprint density at radius 3 is 1.29 bits per heavy atom. The summed E-state index contributed by atoms with van der Waals surface area (Å²) in [6, 6.07) is 13.4. The van der Waals surface area contributed by atoms with Crippen molar-refractivity contribution in [3.8, 4) is 22.3 Å². The number of rotatable bonds is 26. The van der Waals surface area contributed by atoms with E-state index in [9.17, 15) is 73.4 Å². The molecule has 0 aliphatic rings. The topological polar surface area (TPSA) is 183 Å². The first-order chi connectivity index (χ1) is 44.2. The summed E-state index contributed by atoms with van der Waals surface area (Å²) in [7, 11) is 7.45. The third-order valence-corrected chi connectivity index (χ3v) is 15.6. The van der Waals surface area contributed by atoms with Gasteiger partial charge in [-0.25, -0.2) is 22.4 Å². The Kier molecular flexibility index (Phi) is 31.5. The first-order valence-electron chi connectivity index (χ1n) is 31.1. The number of carboxylic acid groups (broad SMARTS) is 1. The molecule has 4 atom stereocenters. The van der Waals surface area contributed by atoms with Crippen LogP contribution in [0.5, 0.6) is 0 Å². The Hall–Kier alpha value is -7.61. The Balaban J connectivity index is 0.000000413. The minimum absolute atomic E-state index is 0. The third-order valence-electron chi connectivity index (χ3n) is 15.6. The summed E-state index contributed by atoms with van der Waals surface area (Å²) < 4.78 is 154. The number of alkyl halides is 6. The van der Waals surface area contributed by atoms with E-state index in [1.54, 1.807) is 91.8 Å². The van der Waals surface area contributed by atoms with Crippen LogP contribution < -0.4 is 16.9 Å². The number of esters is 2. The van der Waals surface area contributed by atoms with E-state index >= 15 is 4.39 Å². The molecule has 528 valence electrons. The number of nitrogens with zero attached hydrogens (tertiary/aromatic N) is 4. The highest BCUT2D eigenvalue weighted by molar-refractivity contribution is 7.59. The Bertz CT molecular complexity index is 3730. The number of pyridine rings is 2. The van der Waals surface area contributed by atoms with E-state index in [4.69, 9.17) is 15.2 Å². The molecule has 0 aliphatic carbocycles. The van der Waals surface area contributed by atoms with Gasteiger partial charge < -0.3 is 34.7 Å². The second kappa shape index (κ2) is 36.7. The van der Waals surface area contributed by atoms with E-state index in [1.165, 1.54) is 30.6 Å². The lowest BCUT2D eigenvalue weighted by Crippen LogP contribution is -2.34. The van der Waals surface area contributed by atoms with Gasteiger partial charge >= 0.3 is 30.3 Å². The van der Waals surface area contributed by atoms with Gasteiger partial charge in [-0.1, -0.05) is 64.1 Å². The predicted molar refractivity (Wildman–Crippen MR) is 355 cm³/mol. The van der Waals surface area contributed by atoms with Crippen LogP contribution in [0, 0.1) is 62.8 Å². The van der Waals surface area contributed by atoms with Gasteiger partial charge in [0.1, 0.15) is 17.7 Å². The molecule has 6 aromatic rings. The summed E-state index contributed by atoms with van der Waals surface area (Å²) >= 11 is 0. The van der Waals surface area contributed by atoms with Gasteiger partial charge in [-0.3, -0.25) is 28.5 Å². The van der Waals surface area contributed by atoms with Crippen molar-refractivity contribution in [3.63, 3.8) is 0 Å². The molecule has 0 radical (unpaired) electrons. The van der Waals surface area contributed by atoms with Crippen LogP contribution in [-0.4, -0.2) is 102 Å². The van der Waals surface area contributed by atoms with E-state index in [-0.39, 0.29) is 68.1 Å². The van der Waals surface area contributed by atoms with Crippen molar-refractivity contribution < 1.29 is 77.7 Å². The fraction of sp³-hybridized carbons (Fsp3) is 0.465. The van der Waals surface area contributed by atoms with Crippen molar-refractivity contribution in [1.82, 2.24) is 18.9 Å². The number of nitrogens with two attached hydrogens (primary N) is 1. The second-order valence-electron chi connectivity index (χ2n) is 24.9. The second-order valence-corrected chi connectivity index (χ2v) is 24.9. The summed E-state index contributed by atoms with van der Waals surface area (Å²) in [5.41, 5.74) is 5.41. The molecule has 2 aromatic heterocycles. The lowest BCUT2D eigenvalue weighted by atomic mass is 9.83. The molecular formula is C71H89F10N5O9S. The molecule has 2 unspecified atom stereocenters. The van der Waals surface area contributed by atoms with Gasteiger partial charge in [0.15, 0.2) is 17.4 Å². The van der Waals surface area contributed by atoms with Crippen LogP contribution in [-0.2, 0) is 53.8 Å². The van der Waals surface area contributed by atoms with Gasteiger partial charge in [-0.2, -0.15) is 39.8 Å². The zero-order valence-electron chi connectivity index (χ0n) is 56.7. The maximum atomic E-state index is 16.0. The maximum Gasteiger partial charge on any atom is 0.419 e. The molecule has 25 heteroatoms. The van der Waals surface area contributed by atoms with Crippen LogP contribution in [0.15, 0.2) is 94.8 Å². The van der Waals surface area contributed by atoms with Crippen LogP contribution >= 0.6 is 13.5 Å². The number of ether oxygens (including phenoxy) is 2. The number of Topliss-reactive ketones (excluding diaryl/α,β-unsaturated/α-hetero) is 1. The molecule has 0 spiro atoms. The van der Waals surface area contributed by atoms with Gasteiger partial charge in [0.25, 0.3) is 11.1 Å². The van der Waals surface area contributed by atoms with Crippen molar-refractivity contribution in [2.24, 2.45) is 17.6 Å². The molecule has 4 aromatic carbocycles. The van der Waals surface area contributed by atoms with Crippen LogP contribution in [0.2, 0.25) is 0 Å². The standard InChI is InChI=1S/C36H43F5N2O4.C20H21F4NO2.C15H23FN2O3.H2S/c1-8-47-32(45)19-25(27-16-26(17-28(34(27)38)36(39,40)41)33-22(4)10-9-11-23(33)5)18-31(44)30(14-21(2)3)43-20-24(12-13-42(6)7)15-29(37)35(43)46;1-4-27-17(26)10-16(25)14-8-13(9-15(19(14)21)20(22,23)24)18-11(2)6-5-7-12(18)3;1-10(2)7-13(15(20)21)18-9-11(5-6-17(3)4)8-12(16)14(18)19;/h9-11,15-17,20-21,25,30H,8,12-14,18-19H2,1-7H3;5-9,16H,4,10,25H2,1-3H3;8-10,13H,5-7H2,1-4H3,(H,20,21);1H2/t25-,30?;16-;;/m00../s1. The lowest BCUT2D eigenvalue weighted by Gasteiger charge is -2.26. The van der Waals surface area contributed by atoms with E-state index in [1.807, 2.05) is 51.8 Å². The van der Waals surface area contributed by atoms with Crippen LogP contribution in [0.4, 0.5) is 43.9 Å². The van der Waals surface area contributed by atoms with E-state index in [2.05, 4.69) is 0 Å². The largest absolute Gasteiger partial charge is 0.480 e. The minimum atomic E-state index is -5.08. The average Bonchev–Trinajstić information content (AvgIpc) is 0.781. The lowest BCUT2D eigenvalue weighted by molar-refractivity contribution is -0.144. The number of carbonyl (C=O) groups excluding carboxylic acids is 3. The summed E-state index contributed by atoms with van der Waals surface area (Å²) in [5, 5.41) is 9.31. The van der Waals surface area contributed by atoms with E-state index in [0.717, 1.165) is 38.5 Å². The Morgan fingerprint density at radius 2 is 0.927 bits per heavy atom. The molecule has 0 saturated carbocycles. The molecular weight excluding hydrogens is 1290 g/mol. The molecule has 96 heavy (non-hydrogen) atoms. The molecule has 3 N–H and O–H groups in total. The number of ketones is 1. The van der Waals surface area contributed by atoms with Gasteiger partial charge in [-0.15, -0.1) is 0 Å². The highest BCUT2D eigenvalue weighted by Gasteiger charge is 2.40. The molecule has 6 rings (SSSR count). The normalized spacial score (nSPS) is 12.9. The first kappa shape index (κ1) is 82.6. The maximum absolute atomic E-state index is 16.0. The van der Waals surface area contributed by atoms with Gasteiger partial charge in [-0.05, 0) is 205 Å². The number of hydrogen-bond acceptors (Lipinski definition) is 11. The van der Waals surface area contributed by atoms with Gasteiger partial charge in [0, 0.05) is 49.4 Å². The van der Waals surface area contributed by atoms with Crippen molar-refractivity contribution in [1.29, 1.82) is 0 Å². The van der Waals surface area contributed by atoms with Crippen LogP contribution in [0.1, 0.15) is 153 Å². The Morgan fingerprint density at radius 1 is 0.562 bits per heavy atom. The smallest absolute Gasteiger partial charge is 0.419 e. The number of aryl methyl sites for hydroxylation is 4. The van der Waals surface area contributed by atoms with Crippen molar-refractivity contribution in [2.45, 2.75) is 151 Å². The summed E-state index contributed by atoms with van der Waals surface area (Å²) in [6.07, 6.45) is -7.38. The zero-order chi connectivity index (χ0) is 71.7. The molecule has 0 saturated heterocycles. The van der Waals surface area contributed by atoms with Crippen molar-refractivity contribution in [3.05, 3.63) is 185 Å². The third kappa shape index (κ3) is 23.3. The molecule has 0 aliphatic heterocycles. The number of likely N-dealkylation sites (N-methyl/N-ethyl adjacent to an activating group) is 2. The summed E-state index contributed by atoms with van der Waals surface area (Å²) in [6.45, 7) is 18.7. The summed E-state index contributed by atoms with van der Waals surface area (Å²) in [5.74, 6) is -9.74. The minimum Gasteiger partial charge on any atom is -0.480 e.